The first kappa shape index (κ1) is 71.9. The fourth-order valence-electron chi connectivity index (χ4n) is 11.0. The summed E-state index contributed by atoms with van der Waals surface area (Å²) in [4.78, 5) is 12.5. The number of hydrogen-bond donors (Lipinski definition) is 3. The number of carbonyl (C=O) groups excluding carboxylic acids is 1. The third kappa shape index (κ3) is 61.6. The Morgan fingerprint density at radius 3 is 0.795 bits per heavy atom. The first-order valence-electron chi connectivity index (χ1n) is 34.1. The first-order valence-corrected chi connectivity index (χ1v) is 34.1. The van der Waals surface area contributed by atoms with Crippen molar-refractivity contribution in [2.75, 3.05) is 6.61 Å². The molecule has 0 aliphatic rings. The maximum atomic E-state index is 12.5. The molecule has 73 heavy (non-hydrogen) atoms. The average molecular weight is 1030 g/mol. The molecule has 0 saturated carbocycles. The van der Waals surface area contributed by atoms with Crippen molar-refractivity contribution < 1.29 is 15.0 Å². The van der Waals surface area contributed by atoms with E-state index in [2.05, 4.69) is 31.3 Å². The van der Waals surface area contributed by atoms with Crippen LogP contribution in [0.5, 0.6) is 0 Å². The summed E-state index contributed by atoms with van der Waals surface area (Å²) in [6.07, 6.45) is 88.4. The molecule has 0 saturated heterocycles. The number of hydrogen-bond acceptors (Lipinski definition) is 3. The van der Waals surface area contributed by atoms with Gasteiger partial charge >= 0.3 is 0 Å². The molecule has 0 rings (SSSR count). The minimum absolute atomic E-state index is 0.0644. The summed E-state index contributed by atoms with van der Waals surface area (Å²) in [5.74, 6) is -0.0644. The van der Waals surface area contributed by atoms with Crippen LogP contribution in [0.25, 0.3) is 0 Å². The highest BCUT2D eigenvalue weighted by Crippen LogP contribution is 2.19. The van der Waals surface area contributed by atoms with E-state index in [1.807, 2.05) is 6.08 Å². The molecule has 434 valence electrons. The van der Waals surface area contributed by atoms with Gasteiger partial charge in [0.15, 0.2) is 0 Å². The molecule has 0 spiro atoms. The Labute approximate surface area is 459 Å². The minimum Gasteiger partial charge on any atom is -0.394 e. The largest absolute Gasteiger partial charge is 0.394 e. The van der Waals surface area contributed by atoms with E-state index in [1.54, 1.807) is 6.08 Å². The van der Waals surface area contributed by atoms with E-state index in [9.17, 15) is 15.0 Å². The fourth-order valence-corrected chi connectivity index (χ4v) is 11.0. The topological polar surface area (TPSA) is 69.6 Å². The summed E-state index contributed by atoms with van der Waals surface area (Å²) in [5, 5.41) is 23.2. The SMILES string of the molecule is CCCCCCCCCCCCCCCCCCCCCC/C=C/CC/C=C/C(O)C(CO)NC(=O)CCCCCCCCCCCCCCCCCCCCCCCCCCCCCCCCCCCCC. The number of amides is 1. The Morgan fingerprint density at radius 1 is 0.315 bits per heavy atom. The van der Waals surface area contributed by atoms with Gasteiger partial charge in [-0.15, -0.1) is 0 Å². The second-order valence-electron chi connectivity index (χ2n) is 23.6. The highest BCUT2D eigenvalue weighted by Gasteiger charge is 2.18. The Morgan fingerprint density at radius 2 is 0.534 bits per heavy atom. The third-order valence-corrected chi connectivity index (χ3v) is 16.2. The summed E-state index contributed by atoms with van der Waals surface area (Å²) in [6, 6.07) is -0.637. The van der Waals surface area contributed by atoms with Crippen LogP contribution < -0.4 is 5.32 Å². The van der Waals surface area contributed by atoms with Crippen LogP contribution in [0.2, 0.25) is 0 Å². The predicted molar refractivity (Wildman–Crippen MR) is 327 cm³/mol. The predicted octanol–water partition coefficient (Wildman–Crippen LogP) is 23.0. The number of aliphatic hydroxyl groups excluding tert-OH is 2. The maximum Gasteiger partial charge on any atom is 0.220 e. The Kier molecular flexibility index (Phi) is 64.1. The van der Waals surface area contributed by atoms with Crippen molar-refractivity contribution in [3.8, 4) is 0 Å². The average Bonchev–Trinajstić information content (AvgIpc) is 3.40. The quantitative estimate of drug-likeness (QED) is 0.0420. The number of unbranched alkanes of at least 4 members (excludes halogenated alkanes) is 55. The van der Waals surface area contributed by atoms with Gasteiger partial charge in [0.1, 0.15) is 0 Å². The lowest BCUT2D eigenvalue weighted by Crippen LogP contribution is -2.45. The molecule has 1 amide bonds. The van der Waals surface area contributed by atoms with Gasteiger partial charge in [-0.2, -0.15) is 0 Å². The van der Waals surface area contributed by atoms with E-state index in [4.69, 9.17) is 0 Å². The van der Waals surface area contributed by atoms with E-state index < -0.39 is 12.1 Å². The van der Waals surface area contributed by atoms with Crippen molar-refractivity contribution in [2.45, 2.75) is 405 Å². The molecule has 4 heteroatoms. The molecule has 4 nitrogen and oxygen atoms in total. The number of allylic oxidation sites excluding steroid dienone is 3. The molecule has 0 heterocycles. The first-order chi connectivity index (χ1) is 36.2. The van der Waals surface area contributed by atoms with Crippen LogP contribution in [-0.2, 0) is 4.79 Å². The van der Waals surface area contributed by atoms with Crippen LogP contribution >= 0.6 is 0 Å². The molecular formula is C69H135NO3. The van der Waals surface area contributed by atoms with E-state index >= 15 is 0 Å². The number of nitrogens with one attached hydrogen (secondary N) is 1. The monoisotopic (exact) mass is 1030 g/mol. The van der Waals surface area contributed by atoms with Crippen molar-refractivity contribution in [1.29, 1.82) is 0 Å². The van der Waals surface area contributed by atoms with Gasteiger partial charge in [-0.3, -0.25) is 4.79 Å². The van der Waals surface area contributed by atoms with Crippen LogP contribution in [0.3, 0.4) is 0 Å². The lowest BCUT2D eigenvalue weighted by atomic mass is 10.0. The summed E-state index contributed by atoms with van der Waals surface area (Å²) in [5.41, 5.74) is 0. The molecule has 0 bridgehead atoms. The Hall–Kier alpha value is -1.13. The molecule has 3 N–H and O–H groups in total. The number of rotatable bonds is 64. The van der Waals surface area contributed by atoms with Crippen LogP contribution in [0.15, 0.2) is 24.3 Å². The lowest BCUT2D eigenvalue weighted by Gasteiger charge is -2.19. The summed E-state index contributed by atoms with van der Waals surface area (Å²) >= 11 is 0. The van der Waals surface area contributed by atoms with Gasteiger partial charge in [-0.25, -0.2) is 0 Å². The Bertz CT molecular complexity index is 1070. The molecular weight excluding hydrogens is 891 g/mol. The maximum absolute atomic E-state index is 12.5. The molecule has 2 atom stereocenters. The highest BCUT2D eigenvalue weighted by atomic mass is 16.3. The van der Waals surface area contributed by atoms with Gasteiger partial charge in [0, 0.05) is 6.42 Å². The molecule has 0 aliphatic heterocycles. The van der Waals surface area contributed by atoms with Gasteiger partial charge in [-0.05, 0) is 32.1 Å². The van der Waals surface area contributed by atoms with Gasteiger partial charge in [0.25, 0.3) is 0 Å². The molecule has 2 unspecified atom stereocenters. The zero-order valence-corrected chi connectivity index (χ0v) is 50.2. The second kappa shape index (κ2) is 65.2. The summed E-state index contributed by atoms with van der Waals surface area (Å²) < 4.78 is 0. The van der Waals surface area contributed by atoms with E-state index in [0.29, 0.717) is 6.42 Å². The fraction of sp³-hybridized carbons (Fsp3) is 0.928. The molecule has 0 aromatic carbocycles. The minimum atomic E-state index is -0.861. The van der Waals surface area contributed by atoms with Crippen molar-refractivity contribution in [2.24, 2.45) is 0 Å². The molecule has 0 fully saturated rings. The highest BCUT2D eigenvalue weighted by molar-refractivity contribution is 5.76. The second-order valence-corrected chi connectivity index (χ2v) is 23.6. The standard InChI is InChI=1S/C69H135NO3/c1-3-5-7-9-11-13-15-17-19-21-23-25-27-29-31-32-33-34-35-36-37-38-39-41-43-45-47-49-51-53-55-57-59-61-63-65-69(73)70-67(66-71)68(72)64-62-60-58-56-54-52-50-48-46-44-42-40-30-28-26-24-22-20-18-16-14-12-10-8-6-4-2/h54,56,62,64,67-68,71-72H,3-53,55,57-61,63,65-66H2,1-2H3,(H,70,73)/b56-54+,64-62+. The van der Waals surface area contributed by atoms with E-state index in [0.717, 1.165) is 32.1 Å². The van der Waals surface area contributed by atoms with Gasteiger partial charge in [-0.1, -0.05) is 378 Å². The van der Waals surface area contributed by atoms with Crippen molar-refractivity contribution in [3.05, 3.63) is 24.3 Å². The molecule has 0 aromatic heterocycles. The number of aliphatic hydroxyl groups is 2. The molecule has 0 aromatic rings. The van der Waals surface area contributed by atoms with Crippen molar-refractivity contribution in [1.82, 2.24) is 5.32 Å². The van der Waals surface area contributed by atoms with Crippen LogP contribution in [0, 0.1) is 0 Å². The van der Waals surface area contributed by atoms with E-state index in [-0.39, 0.29) is 12.5 Å². The third-order valence-electron chi connectivity index (χ3n) is 16.2. The zero-order chi connectivity index (χ0) is 52.7. The van der Waals surface area contributed by atoms with Crippen LogP contribution in [0.1, 0.15) is 393 Å². The lowest BCUT2D eigenvalue weighted by molar-refractivity contribution is -0.123. The molecule has 0 aliphatic carbocycles. The zero-order valence-electron chi connectivity index (χ0n) is 50.2. The van der Waals surface area contributed by atoms with Crippen molar-refractivity contribution in [3.63, 3.8) is 0 Å². The van der Waals surface area contributed by atoms with Crippen LogP contribution in [-0.4, -0.2) is 34.9 Å². The van der Waals surface area contributed by atoms with Gasteiger partial charge in [0.2, 0.25) is 5.91 Å². The Balaban J connectivity index is 3.42. The summed E-state index contributed by atoms with van der Waals surface area (Å²) in [6.45, 7) is 4.35. The van der Waals surface area contributed by atoms with Crippen molar-refractivity contribution >= 4 is 5.91 Å². The van der Waals surface area contributed by atoms with Gasteiger partial charge in [0.05, 0.1) is 18.8 Å². The molecule has 0 radical (unpaired) electrons. The van der Waals surface area contributed by atoms with Gasteiger partial charge < -0.3 is 15.5 Å². The smallest absolute Gasteiger partial charge is 0.220 e. The van der Waals surface area contributed by atoms with Crippen LogP contribution in [0.4, 0.5) is 0 Å². The van der Waals surface area contributed by atoms with E-state index in [1.165, 1.54) is 340 Å². The summed E-state index contributed by atoms with van der Waals surface area (Å²) in [7, 11) is 0. The normalized spacial score (nSPS) is 12.8. The number of carbonyl (C=O) groups is 1.